The average Bonchev–Trinajstić information content (AvgIpc) is 2.69. The zero-order valence-electron chi connectivity index (χ0n) is 14.4. The molecule has 0 aliphatic carbocycles. The summed E-state index contributed by atoms with van der Waals surface area (Å²) in [6.45, 7) is 1.74. The Morgan fingerprint density at radius 3 is 2.33 bits per heavy atom. The minimum Gasteiger partial charge on any atom is -0.443 e. The van der Waals surface area contributed by atoms with Crippen molar-refractivity contribution in [3.8, 4) is 0 Å². The van der Waals surface area contributed by atoms with Crippen molar-refractivity contribution in [3.63, 3.8) is 0 Å². The van der Waals surface area contributed by atoms with Crippen molar-refractivity contribution < 1.29 is 18.7 Å². The molecule has 1 amide bonds. The Labute approximate surface area is 155 Å². The first-order chi connectivity index (χ1) is 13.0. The molecule has 0 aliphatic heterocycles. The maximum atomic E-state index is 13.0. The average molecular weight is 365 g/mol. The summed E-state index contributed by atoms with van der Waals surface area (Å²) in [6, 6.07) is 13.9. The van der Waals surface area contributed by atoms with Crippen LogP contribution in [0, 0.1) is 12.7 Å². The highest BCUT2D eigenvalue weighted by Gasteiger charge is 2.26. The first-order valence-corrected chi connectivity index (χ1v) is 8.14. The second-order valence-corrected chi connectivity index (χ2v) is 5.74. The van der Waals surface area contributed by atoms with Crippen LogP contribution in [0.3, 0.4) is 0 Å². The molecule has 3 aromatic rings. The van der Waals surface area contributed by atoms with Gasteiger partial charge in [0.1, 0.15) is 5.82 Å². The third kappa shape index (κ3) is 4.72. The van der Waals surface area contributed by atoms with E-state index in [-0.39, 0.29) is 5.69 Å². The number of anilines is 1. The van der Waals surface area contributed by atoms with Crippen molar-refractivity contribution in [2.45, 2.75) is 13.0 Å². The molecule has 0 spiro atoms. The molecule has 0 fully saturated rings. The number of carbonyl (C=O) groups is 2. The number of aromatic nitrogens is 2. The molecule has 2 aromatic carbocycles. The molecular formula is C20H16FN3O3. The molecule has 1 heterocycles. The Kier molecular flexibility index (Phi) is 5.51. The van der Waals surface area contributed by atoms with E-state index in [4.69, 9.17) is 4.74 Å². The molecule has 0 bridgehead atoms. The number of rotatable bonds is 5. The fraction of sp³-hybridized carbons (Fsp3) is 0.100. The van der Waals surface area contributed by atoms with Gasteiger partial charge in [-0.2, -0.15) is 0 Å². The minimum absolute atomic E-state index is 0.00360. The van der Waals surface area contributed by atoms with Crippen molar-refractivity contribution in [1.82, 2.24) is 9.97 Å². The number of carbonyl (C=O) groups excluding carboxylic acids is 2. The van der Waals surface area contributed by atoms with Gasteiger partial charge in [-0.05, 0) is 31.2 Å². The lowest BCUT2D eigenvalue weighted by Gasteiger charge is -2.18. The Hall–Kier alpha value is -3.61. The van der Waals surface area contributed by atoms with Crippen LogP contribution >= 0.6 is 0 Å². The first kappa shape index (κ1) is 18.2. The van der Waals surface area contributed by atoms with E-state index in [1.165, 1.54) is 36.7 Å². The fourth-order valence-corrected chi connectivity index (χ4v) is 2.31. The summed E-state index contributed by atoms with van der Waals surface area (Å²) in [6.07, 6.45) is 1.52. The highest BCUT2D eigenvalue weighted by molar-refractivity contribution is 5.97. The Morgan fingerprint density at radius 2 is 1.70 bits per heavy atom. The Bertz CT molecular complexity index is 929. The monoisotopic (exact) mass is 365 g/mol. The predicted molar refractivity (Wildman–Crippen MR) is 96.4 cm³/mol. The van der Waals surface area contributed by atoms with E-state index in [2.05, 4.69) is 15.3 Å². The van der Waals surface area contributed by atoms with Crippen molar-refractivity contribution in [1.29, 1.82) is 0 Å². The molecule has 3 rings (SSSR count). The second kappa shape index (κ2) is 8.18. The van der Waals surface area contributed by atoms with Gasteiger partial charge in [-0.15, -0.1) is 0 Å². The molecule has 7 heteroatoms. The molecule has 0 radical (unpaired) electrons. The number of hydrogen-bond acceptors (Lipinski definition) is 5. The van der Waals surface area contributed by atoms with Gasteiger partial charge in [0.15, 0.2) is 5.69 Å². The number of esters is 1. The van der Waals surface area contributed by atoms with E-state index < -0.39 is 23.8 Å². The zero-order valence-corrected chi connectivity index (χ0v) is 14.4. The summed E-state index contributed by atoms with van der Waals surface area (Å²) in [5.74, 6) is -1.76. The van der Waals surface area contributed by atoms with Gasteiger partial charge in [-0.3, -0.25) is 9.78 Å². The van der Waals surface area contributed by atoms with E-state index in [1.807, 2.05) is 0 Å². The largest absolute Gasteiger partial charge is 0.443 e. The molecule has 0 aliphatic rings. The maximum absolute atomic E-state index is 13.0. The highest BCUT2D eigenvalue weighted by atomic mass is 19.1. The number of amides is 1. The molecule has 1 aromatic heterocycles. The lowest BCUT2D eigenvalue weighted by atomic mass is 10.1. The summed E-state index contributed by atoms with van der Waals surface area (Å²) < 4.78 is 18.4. The van der Waals surface area contributed by atoms with Gasteiger partial charge >= 0.3 is 5.97 Å². The number of nitrogens with one attached hydrogen (secondary N) is 1. The van der Waals surface area contributed by atoms with Crippen LogP contribution in [0.5, 0.6) is 0 Å². The summed E-state index contributed by atoms with van der Waals surface area (Å²) in [7, 11) is 0. The summed E-state index contributed by atoms with van der Waals surface area (Å²) in [5, 5.41) is 2.61. The standard InChI is InChI=1S/C20H16FN3O3/c1-13-11-23-17(12-22-13)20(26)27-18(14-5-3-2-4-6-14)19(25)24-16-9-7-15(21)8-10-16/h2-12,18H,1H3,(H,24,25)/t18-/m0/s1. The Balaban J connectivity index is 1.82. The fourth-order valence-electron chi connectivity index (χ4n) is 2.31. The first-order valence-electron chi connectivity index (χ1n) is 8.14. The lowest BCUT2D eigenvalue weighted by molar-refractivity contribution is -0.125. The van der Waals surface area contributed by atoms with E-state index in [0.29, 0.717) is 16.9 Å². The van der Waals surface area contributed by atoms with Crippen LogP contribution in [0.15, 0.2) is 67.0 Å². The molecule has 0 saturated heterocycles. The summed E-state index contributed by atoms with van der Waals surface area (Å²) >= 11 is 0. The van der Waals surface area contributed by atoms with Crippen molar-refractivity contribution in [2.24, 2.45) is 0 Å². The van der Waals surface area contributed by atoms with Crippen LogP contribution in [0.4, 0.5) is 10.1 Å². The molecule has 1 atom stereocenters. The Morgan fingerprint density at radius 1 is 1.00 bits per heavy atom. The number of aryl methyl sites for hydroxylation is 1. The molecule has 136 valence electrons. The van der Waals surface area contributed by atoms with Crippen molar-refractivity contribution in [2.75, 3.05) is 5.32 Å². The minimum atomic E-state index is -1.20. The van der Waals surface area contributed by atoms with Crippen molar-refractivity contribution >= 4 is 17.6 Å². The lowest BCUT2D eigenvalue weighted by Crippen LogP contribution is -2.26. The van der Waals surface area contributed by atoms with Gasteiger partial charge in [0.05, 0.1) is 11.9 Å². The van der Waals surface area contributed by atoms with Crippen LogP contribution in [0.2, 0.25) is 0 Å². The third-order valence-electron chi connectivity index (χ3n) is 3.67. The number of halogens is 1. The van der Waals surface area contributed by atoms with E-state index in [0.717, 1.165) is 0 Å². The smallest absolute Gasteiger partial charge is 0.359 e. The highest BCUT2D eigenvalue weighted by Crippen LogP contribution is 2.21. The van der Waals surface area contributed by atoms with Crippen LogP contribution in [0.1, 0.15) is 27.8 Å². The van der Waals surface area contributed by atoms with E-state index >= 15 is 0 Å². The van der Waals surface area contributed by atoms with Gasteiger partial charge in [0.2, 0.25) is 6.10 Å². The van der Waals surface area contributed by atoms with E-state index in [9.17, 15) is 14.0 Å². The van der Waals surface area contributed by atoms with Gasteiger partial charge in [0, 0.05) is 17.4 Å². The molecule has 0 unspecified atom stereocenters. The summed E-state index contributed by atoms with van der Waals surface area (Å²) in [5.41, 5.74) is 1.52. The molecular weight excluding hydrogens is 349 g/mol. The molecule has 0 saturated carbocycles. The van der Waals surface area contributed by atoms with Gasteiger partial charge < -0.3 is 10.1 Å². The quantitative estimate of drug-likeness (QED) is 0.700. The molecule has 6 nitrogen and oxygen atoms in total. The van der Waals surface area contributed by atoms with Crippen molar-refractivity contribution in [3.05, 3.63) is 89.8 Å². The van der Waals surface area contributed by atoms with Gasteiger partial charge in [-0.1, -0.05) is 30.3 Å². The zero-order chi connectivity index (χ0) is 19.2. The SMILES string of the molecule is Cc1cnc(C(=O)O[C@H](C(=O)Nc2ccc(F)cc2)c2ccccc2)cn1. The maximum Gasteiger partial charge on any atom is 0.359 e. The van der Waals surface area contributed by atoms with E-state index in [1.54, 1.807) is 37.3 Å². The van der Waals surface area contributed by atoms with Crippen LogP contribution < -0.4 is 5.32 Å². The van der Waals surface area contributed by atoms with Crippen LogP contribution in [-0.2, 0) is 9.53 Å². The second-order valence-electron chi connectivity index (χ2n) is 5.74. The van der Waals surface area contributed by atoms with Crippen LogP contribution in [0.25, 0.3) is 0 Å². The van der Waals surface area contributed by atoms with Crippen LogP contribution in [-0.4, -0.2) is 21.8 Å². The molecule has 27 heavy (non-hydrogen) atoms. The number of hydrogen-bond donors (Lipinski definition) is 1. The third-order valence-corrected chi connectivity index (χ3v) is 3.67. The number of nitrogens with zero attached hydrogens (tertiary/aromatic N) is 2. The normalized spacial score (nSPS) is 11.5. The topological polar surface area (TPSA) is 81.2 Å². The number of benzene rings is 2. The van der Waals surface area contributed by atoms with Gasteiger partial charge in [-0.25, -0.2) is 14.2 Å². The number of ether oxygens (including phenoxy) is 1. The molecule has 1 N–H and O–H groups in total. The van der Waals surface area contributed by atoms with Gasteiger partial charge in [0.25, 0.3) is 5.91 Å². The predicted octanol–water partition coefficient (Wildman–Crippen LogP) is 3.46. The summed E-state index contributed by atoms with van der Waals surface area (Å²) in [4.78, 5) is 33.1.